The topological polar surface area (TPSA) is 65.0 Å². The zero-order valence-corrected chi connectivity index (χ0v) is 9.04. The Labute approximate surface area is 91.4 Å². The summed E-state index contributed by atoms with van der Waals surface area (Å²) in [6, 6.07) is 0.822. The molecule has 0 aliphatic carbocycles. The Morgan fingerprint density at radius 3 is 2.00 bits per heavy atom. The van der Waals surface area contributed by atoms with Gasteiger partial charge in [0.1, 0.15) is 5.56 Å². The molecule has 1 rings (SSSR count). The molecule has 16 heavy (non-hydrogen) atoms. The van der Waals surface area contributed by atoms with Crippen LogP contribution >= 0.6 is 0 Å². The predicted molar refractivity (Wildman–Crippen MR) is 53.0 cm³/mol. The van der Waals surface area contributed by atoms with Crippen molar-refractivity contribution in [1.29, 1.82) is 0 Å². The van der Waals surface area contributed by atoms with Crippen LogP contribution in [0.4, 0.5) is 4.39 Å². The molecule has 0 amide bonds. The Balaban J connectivity index is 3.56. The summed E-state index contributed by atoms with van der Waals surface area (Å²) < 4.78 is 28.0. The number of carbonyl (C=O) groups is 1. The standard InChI is InChI=1S/C10H11FO5/c1-14-7-5(10(12)13)4-6(11)8(15-2)9(7)16-3/h4H,1-3H3,(H,12,13). The smallest absolute Gasteiger partial charge is 0.339 e. The molecule has 0 spiro atoms. The van der Waals surface area contributed by atoms with Crippen LogP contribution in [0.3, 0.4) is 0 Å². The number of hydrogen-bond acceptors (Lipinski definition) is 4. The van der Waals surface area contributed by atoms with Crippen molar-refractivity contribution in [2.75, 3.05) is 21.3 Å². The summed E-state index contributed by atoms with van der Waals surface area (Å²) in [6.07, 6.45) is 0. The van der Waals surface area contributed by atoms with Gasteiger partial charge in [-0.15, -0.1) is 0 Å². The van der Waals surface area contributed by atoms with Crippen molar-refractivity contribution in [3.05, 3.63) is 17.4 Å². The van der Waals surface area contributed by atoms with Crippen molar-refractivity contribution in [1.82, 2.24) is 0 Å². The molecule has 0 bridgehead atoms. The van der Waals surface area contributed by atoms with E-state index in [2.05, 4.69) is 0 Å². The molecule has 0 saturated heterocycles. The summed E-state index contributed by atoms with van der Waals surface area (Å²) in [7, 11) is 3.79. The van der Waals surface area contributed by atoms with Crippen LogP contribution in [-0.2, 0) is 0 Å². The minimum atomic E-state index is -1.31. The van der Waals surface area contributed by atoms with Crippen molar-refractivity contribution in [2.45, 2.75) is 0 Å². The van der Waals surface area contributed by atoms with Gasteiger partial charge in [0.05, 0.1) is 21.3 Å². The van der Waals surface area contributed by atoms with Crippen LogP contribution in [0.25, 0.3) is 0 Å². The first-order valence-corrected chi connectivity index (χ1v) is 4.28. The molecule has 0 aliphatic rings. The maximum Gasteiger partial charge on any atom is 0.339 e. The average Bonchev–Trinajstić information content (AvgIpc) is 2.27. The highest BCUT2D eigenvalue weighted by Gasteiger charge is 2.24. The lowest BCUT2D eigenvalue weighted by Gasteiger charge is -2.14. The van der Waals surface area contributed by atoms with E-state index in [9.17, 15) is 9.18 Å². The number of benzene rings is 1. The second-order valence-corrected chi connectivity index (χ2v) is 2.81. The molecule has 0 heterocycles. The van der Waals surface area contributed by atoms with E-state index < -0.39 is 11.8 Å². The van der Waals surface area contributed by atoms with Crippen molar-refractivity contribution < 1.29 is 28.5 Å². The Hall–Kier alpha value is -1.98. The second kappa shape index (κ2) is 4.69. The number of ether oxygens (including phenoxy) is 3. The minimum absolute atomic E-state index is 0.0757. The van der Waals surface area contributed by atoms with Gasteiger partial charge in [-0.3, -0.25) is 0 Å². The maximum atomic E-state index is 13.5. The van der Waals surface area contributed by atoms with Crippen molar-refractivity contribution >= 4 is 5.97 Å². The molecule has 0 aromatic heterocycles. The van der Waals surface area contributed by atoms with Gasteiger partial charge in [-0.25, -0.2) is 9.18 Å². The monoisotopic (exact) mass is 230 g/mol. The van der Waals surface area contributed by atoms with Gasteiger partial charge in [-0.1, -0.05) is 0 Å². The third-order valence-electron chi connectivity index (χ3n) is 1.99. The fourth-order valence-electron chi connectivity index (χ4n) is 1.33. The van der Waals surface area contributed by atoms with Crippen LogP contribution < -0.4 is 14.2 Å². The Morgan fingerprint density at radius 2 is 1.62 bits per heavy atom. The Morgan fingerprint density at radius 1 is 1.12 bits per heavy atom. The Bertz CT molecular complexity index is 416. The van der Waals surface area contributed by atoms with E-state index in [-0.39, 0.29) is 22.8 Å². The van der Waals surface area contributed by atoms with E-state index in [0.29, 0.717) is 0 Å². The molecular weight excluding hydrogens is 219 g/mol. The number of aromatic carboxylic acids is 1. The first-order valence-electron chi connectivity index (χ1n) is 4.28. The zero-order chi connectivity index (χ0) is 12.3. The van der Waals surface area contributed by atoms with Gasteiger partial charge in [0.2, 0.25) is 11.5 Å². The SMILES string of the molecule is COc1c(F)cc(C(=O)O)c(OC)c1OC. The van der Waals surface area contributed by atoms with Crippen LogP contribution in [0.1, 0.15) is 10.4 Å². The van der Waals surface area contributed by atoms with Crippen molar-refractivity contribution in [3.8, 4) is 17.2 Å². The van der Waals surface area contributed by atoms with Crippen LogP contribution in [0.5, 0.6) is 17.2 Å². The maximum absolute atomic E-state index is 13.5. The third-order valence-corrected chi connectivity index (χ3v) is 1.99. The van der Waals surface area contributed by atoms with E-state index >= 15 is 0 Å². The van der Waals surface area contributed by atoms with Gasteiger partial charge in [0.25, 0.3) is 0 Å². The molecule has 1 aromatic carbocycles. The van der Waals surface area contributed by atoms with Crippen molar-refractivity contribution in [2.24, 2.45) is 0 Å². The number of carboxylic acid groups (broad SMARTS) is 1. The number of carboxylic acids is 1. The molecule has 1 aromatic rings. The molecule has 5 nitrogen and oxygen atoms in total. The molecule has 0 aliphatic heterocycles. The molecule has 0 radical (unpaired) electrons. The summed E-state index contributed by atoms with van der Waals surface area (Å²) in [4.78, 5) is 10.9. The predicted octanol–water partition coefficient (Wildman–Crippen LogP) is 1.55. The van der Waals surface area contributed by atoms with E-state index in [4.69, 9.17) is 19.3 Å². The van der Waals surface area contributed by atoms with E-state index in [0.717, 1.165) is 6.07 Å². The lowest BCUT2D eigenvalue weighted by Crippen LogP contribution is -2.05. The summed E-state index contributed by atoms with van der Waals surface area (Å²) in [5.74, 6) is -2.48. The zero-order valence-electron chi connectivity index (χ0n) is 9.04. The normalized spacial score (nSPS) is 9.75. The van der Waals surface area contributed by atoms with Crippen molar-refractivity contribution in [3.63, 3.8) is 0 Å². The number of rotatable bonds is 4. The molecule has 0 saturated carbocycles. The molecule has 1 N–H and O–H groups in total. The summed E-state index contributed by atoms with van der Waals surface area (Å²) in [5.41, 5.74) is -0.322. The van der Waals surface area contributed by atoms with Crippen LogP contribution in [0.15, 0.2) is 6.07 Å². The van der Waals surface area contributed by atoms with E-state index in [1.54, 1.807) is 0 Å². The fraction of sp³-hybridized carbons (Fsp3) is 0.300. The van der Waals surface area contributed by atoms with Gasteiger partial charge >= 0.3 is 5.97 Å². The lowest BCUT2D eigenvalue weighted by molar-refractivity contribution is 0.0691. The van der Waals surface area contributed by atoms with E-state index in [1.807, 2.05) is 0 Å². The molecule has 0 fully saturated rings. The van der Waals surface area contributed by atoms with Gasteiger partial charge in [-0.05, 0) is 6.07 Å². The lowest BCUT2D eigenvalue weighted by atomic mass is 10.1. The molecular formula is C10H11FO5. The van der Waals surface area contributed by atoms with Gasteiger partial charge in [0, 0.05) is 0 Å². The minimum Gasteiger partial charge on any atom is -0.492 e. The van der Waals surface area contributed by atoms with Crippen LogP contribution in [-0.4, -0.2) is 32.4 Å². The van der Waals surface area contributed by atoms with E-state index in [1.165, 1.54) is 21.3 Å². The Kier molecular flexibility index (Phi) is 3.55. The highest BCUT2D eigenvalue weighted by Crippen LogP contribution is 2.41. The van der Waals surface area contributed by atoms with Crippen LogP contribution in [0.2, 0.25) is 0 Å². The molecule has 88 valence electrons. The number of hydrogen-bond donors (Lipinski definition) is 1. The molecule has 6 heteroatoms. The first-order chi connectivity index (χ1) is 7.56. The quantitative estimate of drug-likeness (QED) is 0.850. The third kappa shape index (κ3) is 1.86. The highest BCUT2D eigenvalue weighted by molar-refractivity contribution is 5.92. The average molecular weight is 230 g/mol. The second-order valence-electron chi connectivity index (χ2n) is 2.81. The molecule has 0 unspecified atom stereocenters. The largest absolute Gasteiger partial charge is 0.492 e. The van der Waals surface area contributed by atoms with Gasteiger partial charge in [0.15, 0.2) is 11.6 Å². The number of methoxy groups -OCH3 is 3. The molecule has 0 atom stereocenters. The first kappa shape index (κ1) is 12.1. The fourth-order valence-corrected chi connectivity index (χ4v) is 1.33. The summed E-state index contributed by atoms with van der Waals surface area (Å²) in [6.45, 7) is 0. The van der Waals surface area contributed by atoms with Crippen LogP contribution in [0, 0.1) is 5.82 Å². The summed E-state index contributed by atoms with van der Waals surface area (Å²) >= 11 is 0. The highest BCUT2D eigenvalue weighted by atomic mass is 19.1. The number of halogens is 1. The summed E-state index contributed by atoms with van der Waals surface area (Å²) in [5, 5.41) is 8.86. The van der Waals surface area contributed by atoms with Gasteiger partial charge in [-0.2, -0.15) is 0 Å². The van der Waals surface area contributed by atoms with Gasteiger partial charge < -0.3 is 19.3 Å².